The summed E-state index contributed by atoms with van der Waals surface area (Å²) in [7, 11) is 1.67. The molecule has 0 spiro atoms. The van der Waals surface area contributed by atoms with Crippen LogP contribution in [0, 0.1) is 0 Å². The number of hydrogen-bond donors (Lipinski definition) is 1. The molecule has 0 radical (unpaired) electrons. The van der Waals surface area contributed by atoms with Crippen LogP contribution in [0.25, 0.3) is 0 Å². The van der Waals surface area contributed by atoms with Gasteiger partial charge in [-0.05, 0) is 24.5 Å². The number of hydrogen-bond acceptors (Lipinski definition) is 4. The van der Waals surface area contributed by atoms with E-state index in [2.05, 4.69) is 24.0 Å². The first-order valence-corrected chi connectivity index (χ1v) is 6.52. The Morgan fingerprint density at radius 3 is 2.72 bits per heavy atom. The van der Waals surface area contributed by atoms with Crippen molar-refractivity contribution in [3.05, 3.63) is 29.6 Å². The van der Waals surface area contributed by atoms with Crippen molar-refractivity contribution in [2.24, 2.45) is 5.73 Å². The molecule has 1 aromatic rings. The molecule has 0 aromatic carbocycles. The van der Waals surface area contributed by atoms with Crippen molar-refractivity contribution in [2.75, 3.05) is 26.9 Å². The Kier molecular flexibility index (Phi) is 7.57. The third-order valence-corrected chi connectivity index (χ3v) is 2.83. The van der Waals surface area contributed by atoms with Crippen molar-refractivity contribution in [1.82, 2.24) is 4.98 Å². The van der Waals surface area contributed by atoms with Crippen LogP contribution in [0.4, 0.5) is 0 Å². The topological polar surface area (TPSA) is 57.4 Å². The van der Waals surface area contributed by atoms with E-state index in [1.165, 1.54) is 5.56 Å². The first kappa shape index (κ1) is 15.1. The van der Waals surface area contributed by atoms with Crippen LogP contribution in [-0.4, -0.2) is 38.0 Å². The van der Waals surface area contributed by atoms with Gasteiger partial charge in [-0.15, -0.1) is 0 Å². The van der Waals surface area contributed by atoms with Crippen molar-refractivity contribution in [1.29, 1.82) is 0 Å². The highest BCUT2D eigenvalue weighted by Gasteiger charge is 2.05. The summed E-state index contributed by atoms with van der Waals surface area (Å²) >= 11 is 0. The summed E-state index contributed by atoms with van der Waals surface area (Å²) in [5.41, 5.74) is 8.35. The van der Waals surface area contributed by atoms with Crippen LogP contribution in [-0.2, 0) is 22.3 Å². The molecule has 0 aliphatic rings. The summed E-state index contributed by atoms with van der Waals surface area (Å²) in [5.74, 6) is 0. The molecule has 1 atom stereocenters. The summed E-state index contributed by atoms with van der Waals surface area (Å²) < 4.78 is 10.3. The highest BCUT2D eigenvalue weighted by Crippen LogP contribution is 2.04. The number of ether oxygens (including phenoxy) is 2. The monoisotopic (exact) mass is 252 g/mol. The van der Waals surface area contributed by atoms with Gasteiger partial charge in [0.05, 0.1) is 13.2 Å². The lowest BCUT2D eigenvalue weighted by Gasteiger charge is -2.11. The molecule has 4 heteroatoms. The molecule has 0 amide bonds. The highest BCUT2D eigenvalue weighted by molar-refractivity contribution is 5.14. The molecular weight excluding hydrogens is 228 g/mol. The predicted octanol–water partition coefficient (Wildman–Crippen LogP) is 1.57. The number of nitrogens with two attached hydrogens (primary N) is 1. The minimum Gasteiger partial charge on any atom is -0.382 e. The van der Waals surface area contributed by atoms with Crippen LogP contribution in [0.5, 0.6) is 0 Å². The molecular formula is C14H24N2O2. The van der Waals surface area contributed by atoms with Gasteiger partial charge in [-0.1, -0.05) is 13.0 Å². The number of nitrogens with zero attached hydrogens (tertiary/aromatic N) is 1. The molecule has 0 fully saturated rings. The van der Waals surface area contributed by atoms with Gasteiger partial charge in [-0.3, -0.25) is 4.98 Å². The third kappa shape index (κ3) is 6.10. The molecule has 1 rings (SSSR count). The maximum atomic E-state index is 6.04. The average molecular weight is 252 g/mol. The number of rotatable bonds is 9. The largest absolute Gasteiger partial charge is 0.382 e. The predicted molar refractivity (Wildman–Crippen MR) is 72.6 cm³/mol. The fraction of sp³-hybridized carbons (Fsp3) is 0.643. The second-order valence-corrected chi connectivity index (χ2v) is 4.37. The molecule has 1 unspecified atom stereocenters. The second-order valence-electron chi connectivity index (χ2n) is 4.37. The van der Waals surface area contributed by atoms with Crippen LogP contribution in [0.3, 0.4) is 0 Å². The lowest BCUT2D eigenvalue weighted by atomic mass is 10.1. The second kappa shape index (κ2) is 9.03. The molecule has 0 saturated heterocycles. The molecule has 2 N–H and O–H groups in total. The summed E-state index contributed by atoms with van der Waals surface area (Å²) in [5, 5.41) is 0. The smallest absolute Gasteiger partial charge is 0.0700 e. The molecule has 1 heterocycles. The van der Waals surface area contributed by atoms with Gasteiger partial charge in [0.2, 0.25) is 0 Å². The quantitative estimate of drug-likeness (QED) is 0.678. The SMILES string of the molecule is CCc1ccc(CC(N)CCOCCOC)nc1. The van der Waals surface area contributed by atoms with Gasteiger partial charge in [0, 0.05) is 38.1 Å². The van der Waals surface area contributed by atoms with E-state index in [9.17, 15) is 0 Å². The van der Waals surface area contributed by atoms with E-state index in [1.807, 2.05) is 6.20 Å². The maximum Gasteiger partial charge on any atom is 0.0700 e. The van der Waals surface area contributed by atoms with Gasteiger partial charge in [-0.25, -0.2) is 0 Å². The first-order chi connectivity index (χ1) is 8.76. The number of aryl methyl sites for hydroxylation is 1. The molecule has 0 saturated carbocycles. The van der Waals surface area contributed by atoms with Gasteiger partial charge >= 0.3 is 0 Å². The molecule has 0 bridgehead atoms. The van der Waals surface area contributed by atoms with E-state index < -0.39 is 0 Å². The normalized spacial score (nSPS) is 12.6. The average Bonchev–Trinajstić information content (AvgIpc) is 2.39. The summed E-state index contributed by atoms with van der Waals surface area (Å²) in [6.45, 7) is 4.07. The van der Waals surface area contributed by atoms with Crippen LogP contribution < -0.4 is 5.73 Å². The van der Waals surface area contributed by atoms with Crippen molar-refractivity contribution >= 4 is 0 Å². The van der Waals surface area contributed by atoms with Gasteiger partial charge < -0.3 is 15.2 Å². The zero-order valence-corrected chi connectivity index (χ0v) is 11.4. The molecule has 0 aliphatic heterocycles. The number of methoxy groups -OCH3 is 1. The Balaban J connectivity index is 2.20. The van der Waals surface area contributed by atoms with Gasteiger partial charge in [-0.2, -0.15) is 0 Å². The van der Waals surface area contributed by atoms with E-state index in [1.54, 1.807) is 7.11 Å². The van der Waals surface area contributed by atoms with Crippen molar-refractivity contribution in [2.45, 2.75) is 32.2 Å². The van der Waals surface area contributed by atoms with Crippen LogP contribution >= 0.6 is 0 Å². The summed E-state index contributed by atoms with van der Waals surface area (Å²) in [6, 6.07) is 4.28. The Labute approximate surface area is 110 Å². The van der Waals surface area contributed by atoms with E-state index in [-0.39, 0.29) is 6.04 Å². The van der Waals surface area contributed by atoms with Crippen molar-refractivity contribution in [3.8, 4) is 0 Å². The zero-order chi connectivity index (χ0) is 13.2. The van der Waals surface area contributed by atoms with Crippen molar-refractivity contribution in [3.63, 3.8) is 0 Å². The molecule has 0 aliphatic carbocycles. The minimum atomic E-state index is 0.104. The Hall–Kier alpha value is -0.970. The lowest BCUT2D eigenvalue weighted by molar-refractivity contribution is 0.0672. The lowest BCUT2D eigenvalue weighted by Crippen LogP contribution is -2.25. The number of aromatic nitrogens is 1. The molecule has 18 heavy (non-hydrogen) atoms. The molecule has 4 nitrogen and oxygen atoms in total. The summed E-state index contributed by atoms with van der Waals surface area (Å²) in [6.07, 6.45) is 4.60. The van der Waals surface area contributed by atoms with Crippen molar-refractivity contribution < 1.29 is 9.47 Å². The standard InChI is InChI=1S/C14H24N2O2/c1-3-12-4-5-14(16-11-12)10-13(15)6-7-18-9-8-17-2/h4-5,11,13H,3,6-10,15H2,1-2H3. The van der Waals surface area contributed by atoms with E-state index in [0.717, 1.165) is 25.0 Å². The minimum absolute atomic E-state index is 0.104. The highest BCUT2D eigenvalue weighted by atomic mass is 16.5. The van der Waals surface area contributed by atoms with Crippen LogP contribution in [0.15, 0.2) is 18.3 Å². The van der Waals surface area contributed by atoms with E-state index >= 15 is 0 Å². The van der Waals surface area contributed by atoms with E-state index in [0.29, 0.717) is 19.8 Å². The van der Waals surface area contributed by atoms with Gasteiger partial charge in [0.15, 0.2) is 0 Å². The fourth-order valence-electron chi connectivity index (χ4n) is 1.63. The van der Waals surface area contributed by atoms with Gasteiger partial charge in [0.25, 0.3) is 0 Å². The Bertz CT molecular complexity index is 314. The van der Waals surface area contributed by atoms with Crippen LogP contribution in [0.2, 0.25) is 0 Å². The third-order valence-electron chi connectivity index (χ3n) is 2.83. The van der Waals surface area contributed by atoms with E-state index in [4.69, 9.17) is 15.2 Å². The molecule has 1 aromatic heterocycles. The first-order valence-electron chi connectivity index (χ1n) is 6.52. The maximum absolute atomic E-state index is 6.04. The summed E-state index contributed by atoms with van der Waals surface area (Å²) in [4.78, 5) is 4.41. The van der Waals surface area contributed by atoms with Crippen LogP contribution in [0.1, 0.15) is 24.6 Å². The zero-order valence-electron chi connectivity index (χ0n) is 11.4. The van der Waals surface area contributed by atoms with Gasteiger partial charge in [0.1, 0.15) is 0 Å². The number of pyridine rings is 1. The fourth-order valence-corrected chi connectivity index (χ4v) is 1.63. The molecule has 102 valence electrons. The Morgan fingerprint density at radius 1 is 1.28 bits per heavy atom. The Morgan fingerprint density at radius 2 is 2.11 bits per heavy atom.